The van der Waals surface area contributed by atoms with Crippen molar-refractivity contribution < 1.29 is 4.52 Å². The fourth-order valence-electron chi connectivity index (χ4n) is 3.13. The first-order chi connectivity index (χ1) is 11.2. The first-order valence-electron chi connectivity index (χ1n) is 7.99. The van der Waals surface area contributed by atoms with Crippen LogP contribution in [0.4, 0.5) is 0 Å². The molecular weight excluding hydrogens is 288 g/mol. The Hall–Kier alpha value is -2.40. The molecule has 1 aromatic carbocycles. The highest BCUT2D eigenvalue weighted by atomic mass is 16.5. The lowest BCUT2D eigenvalue weighted by molar-refractivity contribution is 0.432. The van der Waals surface area contributed by atoms with E-state index in [0.717, 1.165) is 16.7 Å². The van der Waals surface area contributed by atoms with Gasteiger partial charge in [0.25, 0.3) is 5.89 Å². The van der Waals surface area contributed by atoms with Gasteiger partial charge in [0.1, 0.15) is 0 Å². The average Bonchev–Trinajstić information content (AvgIpc) is 3.19. The van der Waals surface area contributed by atoms with Crippen molar-refractivity contribution in [3.63, 3.8) is 0 Å². The summed E-state index contributed by atoms with van der Waals surface area (Å²) in [5.74, 6) is 1.20. The van der Waals surface area contributed by atoms with Crippen molar-refractivity contribution in [2.75, 3.05) is 0 Å². The molecule has 0 unspecified atom stereocenters. The number of benzene rings is 1. The van der Waals surface area contributed by atoms with Crippen LogP contribution in [0, 0.1) is 13.8 Å². The second kappa shape index (κ2) is 5.35. The van der Waals surface area contributed by atoms with Crippen molar-refractivity contribution in [3.8, 4) is 22.8 Å². The molecule has 0 aliphatic heterocycles. The van der Waals surface area contributed by atoms with Gasteiger partial charge in [0.05, 0.1) is 5.56 Å². The minimum atomic E-state index is 0.533. The Kier molecular flexibility index (Phi) is 3.31. The summed E-state index contributed by atoms with van der Waals surface area (Å²) in [5, 5.41) is 4.13. The predicted molar refractivity (Wildman–Crippen MR) is 88.8 cm³/mol. The molecule has 0 saturated heterocycles. The largest absolute Gasteiger partial charge is 0.345 e. The number of aryl methyl sites for hydroxylation is 1. The van der Waals surface area contributed by atoms with Crippen molar-refractivity contribution in [3.05, 3.63) is 47.3 Å². The van der Waals surface area contributed by atoms with Crippen LogP contribution in [0.1, 0.15) is 35.8 Å². The Morgan fingerprint density at radius 3 is 2.61 bits per heavy atom. The predicted octanol–water partition coefficient (Wildman–Crippen LogP) is 3.62. The Morgan fingerprint density at radius 1 is 1.22 bits per heavy atom. The summed E-state index contributed by atoms with van der Waals surface area (Å²) in [6, 6.07) is 10.7. The van der Waals surface area contributed by atoms with E-state index in [-0.39, 0.29) is 0 Å². The molecule has 0 radical (unpaired) electrons. The normalized spacial score (nSPS) is 14.4. The Labute approximate surface area is 135 Å². The number of rotatable bonds is 4. The highest BCUT2D eigenvalue weighted by Gasteiger charge is 2.28. The van der Waals surface area contributed by atoms with Gasteiger partial charge in [-0.3, -0.25) is 0 Å². The third kappa shape index (κ3) is 2.47. The van der Waals surface area contributed by atoms with Crippen LogP contribution in [0.3, 0.4) is 0 Å². The fraction of sp³-hybridized carbons (Fsp3) is 0.333. The van der Waals surface area contributed by atoms with Gasteiger partial charge >= 0.3 is 0 Å². The van der Waals surface area contributed by atoms with Crippen LogP contribution < -0.4 is 5.73 Å². The number of nitrogens with two attached hydrogens (primary N) is 1. The van der Waals surface area contributed by atoms with Crippen LogP contribution in [0.15, 0.2) is 34.9 Å². The summed E-state index contributed by atoms with van der Waals surface area (Å²) in [6.45, 7) is 4.79. The standard InChI is InChI=1S/C18H20N4O/c1-11-9-16(12(2)22(11)15-7-8-15)18-20-17(21-23-18)14-5-3-13(10-19)4-6-14/h3-6,9,15H,7-8,10,19H2,1-2H3. The van der Waals surface area contributed by atoms with Gasteiger partial charge in [0.2, 0.25) is 5.82 Å². The first-order valence-corrected chi connectivity index (χ1v) is 7.99. The lowest BCUT2D eigenvalue weighted by Crippen LogP contribution is -1.98. The molecule has 1 aliphatic carbocycles. The molecule has 1 saturated carbocycles. The quantitative estimate of drug-likeness (QED) is 0.799. The molecule has 1 aliphatic rings. The first kappa shape index (κ1) is 14.2. The summed E-state index contributed by atoms with van der Waals surface area (Å²) in [6.07, 6.45) is 2.52. The molecule has 118 valence electrons. The molecule has 0 atom stereocenters. The Balaban J connectivity index is 1.69. The number of hydrogen-bond acceptors (Lipinski definition) is 4. The van der Waals surface area contributed by atoms with Crippen LogP contribution in [-0.2, 0) is 6.54 Å². The smallest absolute Gasteiger partial charge is 0.260 e. The molecule has 4 rings (SSSR count). The lowest BCUT2D eigenvalue weighted by Gasteiger charge is -2.06. The van der Waals surface area contributed by atoms with E-state index in [9.17, 15) is 0 Å². The molecule has 5 nitrogen and oxygen atoms in total. The van der Waals surface area contributed by atoms with Gasteiger partial charge in [-0.15, -0.1) is 0 Å². The van der Waals surface area contributed by atoms with E-state index in [4.69, 9.17) is 10.3 Å². The van der Waals surface area contributed by atoms with Crippen LogP contribution in [0.2, 0.25) is 0 Å². The maximum absolute atomic E-state index is 5.63. The van der Waals surface area contributed by atoms with Gasteiger partial charge in [-0.1, -0.05) is 29.4 Å². The fourth-order valence-corrected chi connectivity index (χ4v) is 3.13. The third-order valence-corrected chi connectivity index (χ3v) is 4.50. The van der Waals surface area contributed by atoms with Crippen LogP contribution in [0.25, 0.3) is 22.8 Å². The average molecular weight is 308 g/mol. The zero-order valence-electron chi connectivity index (χ0n) is 13.4. The molecule has 3 aromatic rings. The van der Waals surface area contributed by atoms with E-state index < -0.39 is 0 Å². The van der Waals surface area contributed by atoms with E-state index in [1.54, 1.807) is 0 Å². The number of aromatic nitrogens is 3. The molecule has 5 heteroatoms. The van der Waals surface area contributed by atoms with E-state index in [1.807, 2.05) is 24.3 Å². The molecular formula is C18H20N4O. The lowest BCUT2D eigenvalue weighted by atomic mass is 10.1. The van der Waals surface area contributed by atoms with Crippen molar-refractivity contribution in [1.82, 2.24) is 14.7 Å². The number of hydrogen-bond donors (Lipinski definition) is 1. The van der Waals surface area contributed by atoms with Crippen LogP contribution >= 0.6 is 0 Å². The van der Waals surface area contributed by atoms with Crippen molar-refractivity contribution in [2.45, 2.75) is 39.3 Å². The van der Waals surface area contributed by atoms with Gasteiger partial charge in [0.15, 0.2) is 0 Å². The Morgan fingerprint density at radius 2 is 1.96 bits per heavy atom. The summed E-state index contributed by atoms with van der Waals surface area (Å²) in [7, 11) is 0. The van der Waals surface area contributed by atoms with Crippen molar-refractivity contribution in [1.29, 1.82) is 0 Å². The molecule has 0 spiro atoms. The summed E-state index contributed by atoms with van der Waals surface area (Å²) in [5.41, 5.74) is 11.2. The topological polar surface area (TPSA) is 69.9 Å². The molecule has 0 bridgehead atoms. The molecule has 2 N–H and O–H groups in total. The number of nitrogens with zero attached hydrogens (tertiary/aromatic N) is 3. The highest BCUT2D eigenvalue weighted by molar-refractivity contribution is 5.63. The van der Waals surface area contributed by atoms with Crippen LogP contribution in [0.5, 0.6) is 0 Å². The zero-order valence-corrected chi connectivity index (χ0v) is 13.4. The molecule has 2 aromatic heterocycles. The molecule has 1 fully saturated rings. The summed E-state index contributed by atoms with van der Waals surface area (Å²) in [4.78, 5) is 4.58. The minimum absolute atomic E-state index is 0.533. The zero-order chi connectivity index (χ0) is 16.0. The maximum Gasteiger partial charge on any atom is 0.260 e. The monoisotopic (exact) mass is 308 g/mol. The summed E-state index contributed by atoms with van der Waals surface area (Å²) >= 11 is 0. The van der Waals surface area contributed by atoms with Gasteiger partial charge in [-0.05, 0) is 38.3 Å². The van der Waals surface area contributed by atoms with Gasteiger partial charge in [-0.2, -0.15) is 4.98 Å². The molecule has 23 heavy (non-hydrogen) atoms. The molecule has 0 amide bonds. The second-order valence-electron chi connectivity index (χ2n) is 6.21. The molecule has 2 heterocycles. The van der Waals surface area contributed by atoms with Crippen LogP contribution in [-0.4, -0.2) is 14.7 Å². The second-order valence-corrected chi connectivity index (χ2v) is 6.21. The minimum Gasteiger partial charge on any atom is -0.345 e. The van der Waals surface area contributed by atoms with Crippen molar-refractivity contribution >= 4 is 0 Å². The van der Waals surface area contributed by atoms with Crippen molar-refractivity contribution in [2.24, 2.45) is 5.73 Å². The Bertz CT molecular complexity index is 841. The van der Waals surface area contributed by atoms with E-state index in [0.29, 0.717) is 24.3 Å². The van der Waals surface area contributed by atoms with Gasteiger partial charge < -0.3 is 14.8 Å². The SMILES string of the molecule is Cc1cc(-c2nc(-c3ccc(CN)cc3)no2)c(C)n1C1CC1. The van der Waals surface area contributed by atoms with Gasteiger partial charge in [-0.25, -0.2) is 0 Å². The summed E-state index contributed by atoms with van der Waals surface area (Å²) < 4.78 is 7.90. The maximum atomic E-state index is 5.63. The van der Waals surface area contributed by atoms with Gasteiger partial charge in [0, 0.05) is 29.5 Å². The van der Waals surface area contributed by atoms with E-state index in [2.05, 4.69) is 34.6 Å². The highest BCUT2D eigenvalue weighted by Crippen LogP contribution is 2.40. The van der Waals surface area contributed by atoms with E-state index in [1.165, 1.54) is 24.2 Å². The van der Waals surface area contributed by atoms with E-state index >= 15 is 0 Å². The third-order valence-electron chi connectivity index (χ3n) is 4.50.